The summed E-state index contributed by atoms with van der Waals surface area (Å²) in [5, 5.41) is 4.20. The highest BCUT2D eigenvalue weighted by molar-refractivity contribution is 9.10. The minimum Gasteiger partial charge on any atom is -0.378 e. The maximum absolute atomic E-state index is 12.4. The van der Waals surface area contributed by atoms with Gasteiger partial charge in [-0.3, -0.25) is 4.79 Å². The molecule has 126 valence electrons. The third-order valence-electron chi connectivity index (χ3n) is 4.67. The van der Waals surface area contributed by atoms with E-state index in [1.807, 2.05) is 0 Å². The monoisotopic (exact) mass is 406 g/mol. The van der Waals surface area contributed by atoms with Gasteiger partial charge in [-0.25, -0.2) is 0 Å². The molecule has 1 aromatic heterocycles. The molecule has 0 radical (unpaired) electrons. The van der Waals surface area contributed by atoms with Gasteiger partial charge in [-0.2, -0.15) is 0 Å². The van der Waals surface area contributed by atoms with Gasteiger partial charge in [0.2, 0.25) is 0 Å². The van der Waals surface area contributed by atoms with Gasteiger partial charge in [-0.05, 0) is 28.4 Å². The zero-order chi connectivity index (χ0) is 16.7. The van der Waals surface area contributed by atoms with E-state index in [1.54, 1.807) is 11.3 Å². The van der Waals surface area contributed by atoms with Crippen molar-refractivity contribution in [2.45, 2.75) is 12.8 Å². The number of hydrogen-bond acceptors (Lipinski definition) is 4. The third-order valence-corrected chi connectivity index (χ3v) is 7.00. The third kappa shape index (κ3) is 2.76. The number of halogens is 1. The van der Waals surface area contributed by atoms with Crippen molar-refractivity contribution in [1.29, 1.82) is 0 Å². The molecule has 2 aliphatic rings. The second-order valence-electron chi connectivity index (χ2n) is 6.24. The maximum atomic E-state index is 12.4. The quantitative estimate of drug-likeness (QED) is 0.828. The molecular weight excluding hydrogens is 388 g/mol. The summed E-state index contributed by atoms with van der Waals surface area (Å²) >= 11 is 5.39. The lowest BCUT2D eigenvalue weighted by molar-refractivity contribution is 0.0947. The van der Waals surface area contributed by atoms with Crippen LogP contribution in [0.5, 0.6) is 0 Å². The fourth-order valence-electron chi connectivity index (χ4n) is 3.32. The zero-order valence-corrected chi connectivity index (χ0v) is 15.9. The lowest BCUT2D eigenvalue weighted by Crippen LogP contribution is -2.35. The Kier molecular flexibility index (Phi) is 4.37. The number of nitrogens with zero attached hydrogens (tertiary/aromatic N) is 1. The molecule has 0 spiro atoms. The number of anilines is 1. The SMILES string of the molecule is Cc1ccc(C2CNC(=O)c3sc(N4CCOCC4)c(Br)c32)cc1. The summed E-state index contributed by atoms with van der Waals surface area (Å²) < 4.78 is 6.53. The van der Waals surface area contributed by atoms with Crippen LogP contribution in [0, 0.1) is 6.92 Å². The van der Waals surface area contributed by atoms with Crippen molar-refractivity contribution < 1.29 is 9.53 Å². The first kappa shape index (κ1) is 16.1. The van der Waals surface area contributed by atoms with Gasteiger partial charge in [-0.15, -0.1) is 11.3 Å². The summed E-state index contributed by atoms with van der Waals surface area (Å²) in [5.74, 6) is 0.234. The Morgan fingerprint density at radius 2 is 1.96 bits per heavy atom. The number of fused-ring (bicyclic) bond motifs is 1. The molecule has 1 N–H and O–H groups in total. The van der Waals surface area contributed by atoms with E-state index in [1.165, 1.54) is 11.1 Å². The molecule has 2 aliphatic heterocycles. The smallest absolute Gasteiger partial charge is 0.261 e. The second kappa shape index (κ2) is 6.50. The van der Waals surface area contributed by atoms with Crippen LogP contribution in [0.15, 0.2) is 28.7 Å². The normalized spacial score (nSPS) is 20.7. The van der Waals surface area contributed by atoms with Crippen LogP contribution < -0.4 is 10.2 Å². The molecule has 0 aliphatic carbocycles. The first-order valence-corrected chi connectivity index (χ1v) is 9.75. The zero-order valence-electron chi connectivity index (χ0n) is 13.5. The van der Waals surface area contributed by atoms with E-state index in [9.17, 15) is 4.79 Å². The van der Waals surface area contributed by atoms with Crippen LogP contribution >= 0.6 is 27.3 Å². The summed E-state index contributed by atoms with van der Waals surface area (Å²) in [6.45, 7) is 5.95. The number of amides is 1. The van der Waals surface area contributed by atoms with Crippen molar-refractivity contribution >= 4 is 38.2 Å². The van der Waals surface area contributed by atoms with Crippen molar-refractivity contribution in [3.8, 4) is 0 Å². The molecule has 1 amide bonds. The summed E-state index contributed by atoms with van der Waals surface area (Å²) in [5.41, 5.74) is 3.63. The average molecular weight is 407 g/mol. The minimum atomic E-state index is 0.0403. The first-order valence-electron chi connectivity index (χ1n) is 8.15. The number of thiophene rings is 1. The van der Waals surface area contributed by atoms with E-state index in [0.717, 1.165) is 46.2 Å². The Morgan fingerprint density at radius 3 is 2.67 bits per heavy atom. The van der Waals surface area contributed by atoms with Crippen LogP contribution in [0.2, 0.25) is 0 Å². The lowest BCUT2D eigenvalue weighted by Gasteiger charge is -2.28. The molecule has 24 heavy (non-hydrogen) atoms. The van der Waals surface area contributed by atoms with Crippen LogP contribution in [0.1, 0.15) is 32.3 Å². The predicted molar refractivity (Wildman–Crippen MR) is 100 cm³/mol. The van der Waals surface area contributed by atoms with E-state index in [-0.39, 0.29) is 11.8 Å². The molecule has 1 unspecified atom stereocenters. The van der Waals surface area contributed by atoms with Crippen molar-refractivity contribution in [2.75, 3.05) is 37.7 Å². The van der Waals surface area contributed by atoms with E-state index in [4.69, 9.17) is 4.74 Å². The number of hydrogen-bond donors (Lipinski definition) is 1. The van der Waals surface area contributed by atoms with Crippen molar-refractivity contribution in [2.24, 2.45) is 0 Å². The summed E-state index contributed by atoms with van der Waals surface area (Å²) in [7, 11) is 0. The number of benzene rings is 1. The van der Waals surface area contributed by atoms with Gasteiger partial charge in [-0.1, -0.05) is 29.8 Å². The molecule has 4 nitrogen and oxygen atoms in total. The molecule has 2 aromatic rings. The molecule has 0 bridgehead atoms. The van der Waals surface area contributed by atoms with E-state index >= 15 is 0 Å². The molecular formula is C18H19BrN2O2S. The van der Waals surface area contributed by atoms with Crippen LogP contribution in [-0.4, -0.2) is 38.8 Å². The Morgan fingerprint density at radius 1 is 1.25 bits per heavy atom. The van der Waals surface area contributed by atoms with E-state index in [0.29, 0.717) is 6.54 Å². The second-order valence-corrected chi connectivity index (χ2v) is 8.03. The first-order chi connectivity index (χ1) is 11.6. The highest BCUT2D eigenvalue weighted by Gasteiger charge is 2.34. The number of nitrogens with one attached hydrogen (secondary N) is 1. The van der Waals surface area contributed by atoms with Gasteiger partial charge < -0.3 is 15.0 Å². The van der Waals surface area contributed by atoms with E-state index < -0.39 is 0 Å². The standard InChI is InChI=1S/C18H19BrN2O2S/c1-11-2-4-12(5-3-11)13-10-20-17(22)16-14(13)15(19)18(24-16)21-6-8-23-9-7-21/h2-5,13H,6-10H2,1H3,(H,20,22). The minimum absolute atomic E-state index is 0.0403. The number of carbonyl (C=O) groups excluding carboxylic acids is 1. The van der Waals surface area contributed by atoms with E-state index in [2.05, 4.69) is 57.3 Å². The van der Waals surface area contributed by atoms with Crippen molar-refractivity contribution in [3.63, 3.8) is 0 Å². The Hall–Kier alpha value is -1.37. The number of rotatable bonds is 2. The molecule has 1 saturated heterocycles. The van der Waals surface area contributed by atoms with Crippen molar-refractivity contribution in [1.82, 2.24) is 5.32 Å². The molecule has 4 rings (SSSR count). The summed E-state index contributed by atoms with van der Waals surface area (Å²) in [6, 6.07) is 8.60. The molecule has 3 heterocycles. The average Bonchev–Trinajstić information content (AvgIpc) is 2.96. The molecule has 1 fully saturated rings. The fraction of sp³-hybridized carbons (Fsp3) is 0.389. The fourth-order valence-corrected chi connectivity index (χ4v) is 5.64. The van der Waals surface area contributed by atoms with Crippen LogP contribution in [-0.2, 0) is 4.74 Å². The lowest BCUT2D eigenvalue weighted by atomic mass is 9.88. The van der Waals surface area contributed by atoms with Gasteiger partial charge in [0.15, 0.2) is 0 Å². The summed E-state index contributed by atoms with van der Waals surface area (Å²) in [6.07, 6.45) is 0. The number of morpholine rings is 1. The van der Waals surface area contributed by atoms with Crippen molar-refractivity contribution in [3.05, 3.63) is 50.3 Å². The Labute approximate surface area is 153 Å². The van der Waals surface area contributed by atoms with Gasteiger partial charge in [0, 0.05) is 31.1 Å². The summed E-state index contributed by atoms with van der Waals surface area (Å²) in [4.78, 5) is 15.5. The van der Waals surface area contributed by atoms with Crippen LogP contribution in [0.3, 0.4) is 0 Å². The molecule has 0 saturated carbocycles. The number of aryl methyl sites for hydroxylation is 1. The Balaban J connectivity index is 1.77. The van der Waals surface area contributed by atoms with Gasteiger partial charge in [0.25, 0.3) is 5.91 Å². The highest BCUT2D eigenvalue weighted by Crippen LogP contribution is 2.47. The number of carbonyl (C=O) groups is 1. The predicted octanol–water partition coefficient (Wildman–Crippen LogP) is 3.53. The van der Waals surface area contributed by atoms with Crippen LogP contribution in [0.4, 0.5) is 5.00 Å². The Bertz CT molecular complexity index is 766. The topological polar surface area (TPSA) is 41.6 Å². The van der Waals surface area contributed by atoms with Gasteiger partial charge in [0.05, 0.1) is 22.6 Å². The van der Waals surface area contributed by atoms with Gasteiger partial charge in [0.1, 0.15) is 5.00 Å². The number of ether oxygens (including phenoxy) is 1. The molecule has 6 heteroatoms. The van der Waals surface area contributed by atoms with Gasteiger partial charge >= 0.3 is 0 Å². The van der Waals surface area contributed by atoms with Crippen LogP contribution in [0.25, 0.3) is 0 Å². The molecule has 1 aromatic carbocycles. The molecule has 1 atom stereocenters. The highest BCUT2D eigenvalue weighted by atomic mass is 79.9. The maximum Gasteiger partial charge on any atom is 0.261 e. The largest absolute Gasteiger partial charge is 0.378 e.